The van der Waals surface area contributed by atoms with Gasteiger partial charge in [0.2, 0.25) is 0 Å². The van der Waals surface area contributed by atoms with E-state index in [1.54, 1.807) is 77.7 Å². The van der Waals surface area contributed by atoms with Crippen LogP contribution in [-0.4, -0.2) is 30.2 Å². The summed E-state index contributed by atoms with van der Waals surface area (Å²) in [5, 5.41) is 4.45. The van der Waals surface area contributed by atoms with Crippen molar-refractivity contribution in [3.8, 4) is 11.5 Å². The molecular weight excluding hydrogens is 720 g/mol. The van der Waals surface area contributed by atoms with Gasteiger partial charge in [-0.1, -0.05) is 41.4 Å². The fraction of sp³-hybridized carbons (Fsp3) is 0.0938. The molecule has 7 nitrogen and oxygen atoms in total. The highest BCUT2D eigenvalue weighted by atomic mass is 127. The van der Waals surface area contributed by atoms with Crippen LogP contribution in [0.5, 0.6) is 11.5 Å². The minimum atomic E-state index is -0.293. The molecule has 1 heterocycles. The van der Waals surface area contributed by atoms with Crippen LogP contribution in [0.4, 0.5) is 17.1 Å². The van der Waals surface area contributed by atoms with Gasteiger partial charge in [0.1, 0.15) is 0 Å². The van der Waals surface area contributed by atoms with E-state index in [-0.39, 0.29) is 18.4 Å². The molecule has 4 aromatic rings. The highest BCUT2D eigenvalue weighted by molar-refractivity contribution is 14.1. The Morgan fingerprint density at radius 1 is 0.977 bits per heavy atom. The molecule has 0 spiro atoms. The third-order valence-corrected chi connectivity index (χ3v) is 8.25. The molecule has 0 radical (unpaired) electrons. The molecule has 2 amide bonds. The smallest absolute Gasteiger partial charge is 0.271 e. The summed E-state index contributed by atoms with van der Waals surface area (Å²) in [6, 6.07) is 26.9. The number of amides is 2. The summed E-state index contributed by atoms with van der Waals surface area (Å²) in [5.74, 6) is 0.393. The number of para-hydroxylation sites is 1. The first-order valence-electron chi connectivity index (χ1n) is 13.1. The summed E-state index contributed by atoms with van der Waals surface area (Å²) in [6.45, 7) is 2.06. The highest BCUT2D eigenvalue weighted by Gasteiger charge is 2.35. The summed E-state index contributed by atoms with van der Waals surface area (Å²) < 4.78 is 12.5. The Balaban J connectivity index is 1.43. The first kappa shape index (κ1) is 30.9. The van der Waals surface area contributed by atoms with E-state index in [4.69, 9.17) is 37.7 Å². The molecule has 1 saturated heterocycles. The van der Waals surface area contributed by atoms with Crippen LogP contribution < -0.4 is 19.7 Å². The second-order valence-corrected chi connectivity index (χ2v) is 12.1. The summed E-state index contributed by atoms with van der Waals surface area (Å²) >= 11 is 15.6. The molecule has 0 atom stereocenters. The van der Waals surface area contributed by atoms with E-state index in [9.17, 15) is 9.59 Å². The van der Waals surface area contributed by atoms with Gasteiger partial charge in [-0.3, -0.25) is 14.5 Å². The zero-order valence-corrected chi connectivity index (χ0v) is 27.2. The van der Waals surface area contributed by atoms with Gasteiger partial charge in [-0.05, 0) is 126 Å². The number of aliphatic imine (C=N–C) groups is 1. The maximum atomic E-state index is 13.7. The molecule has 0 bridgehead atoms. The molecule has 0 aromatic heterocycles. The van der Waals surface area contributed by atoms with Gasteiger partial charge in [-0.2, -0.15) is 0 Å². The van der Waals surface area contributed by atoms with Crippen molar-refractivity contribution in [1.82, 2.24) is 0 Å². The topological polar surface area (TPSA) is 80.2 Å². The molecule has 1 aliphatic rings. The van der Waals surface area contributed by atoms with Crippen LogP contribution in [0.15, 0.2) is 101 Å². The Bertz CT molecular complexity index is 1700. The van der Waals surface area contributed by atoms with Crippen LogP contribution in [-0.2, 0) is 9.59 Å². The highest BCUT2D eigenvalue weighted by Crippen LogP contribution is 2.40. The van der Waals surface area contributed by atoms with Crippen LogP contribution in [0, 0.1) is 3.57 Å². The number of nitrogens with one attached hydrogen (secondary N) is 1. The lowest BCUT2D eigenvalue weighted by Crippen LogP contribution is -2.28. The Morgan fingerprint density at radius 3 is 2.33 bits per heavy atom. The second-order valence-electron chi connectivity index (χ2n) is 9.06. The Kier molecular flexibility index (Phi) is 10.3. The minimum absolute atomic E-state index is 0.194. The lowest BCUT2D eigenvalue weighted by atomic mass is 10.1. The average Bonchev–Trinajstić information content (AvgIpc) is 3.28. The van der Waals surface area contributed by atoms with Crippen LogP contribution in [0.3, 0.4) is 0 Å². The number of ether oxygens (including phenoxy) is 2. The number of benzene rings is 4. The van der Waals surface area contributed by atoms with Gasteiger partial charge in [0.15, 0.2) is 23.3 Å². The number of anilines is 2. The predicted octanol–water partition coefficient (Wildman–Crippen LogP) is 8.82. The van der Waals surface area contributed by atoms with Crippen molar-refractivity contribution in [1.29, 1.82) is 0 Å². The lowest BCUT2D eigenvalue weighted by molar-refractivity contribution is -0.118. The van der Waals surface area contributed by atoms with Crippen molar-refractivity contribution in [3.63, 3.8) is 0 Å². The monoisotopic (exact) mass is 743 g/mol. The molecule has 1 fully saturated rings. The number of amidine groups is 1. The third-order valence-electron chi connectivity index (χ3n) is 5.98. The fourth-order valence-electron chi connectivity index (χ4n) is 4.07. The summed E-state index contributed by atoms with van der Waals surface area (Å²) in [7, 11) is 0. The van der Waals surface area contributed by atoms with Crippen LogP contribution in [0.2, 0.25) is 10.0 Å². The molecule has 1 aliphatic heterocycles. The molecule has 218 valence electrons. The molecule has 0 unspecified atom stereocenters. The molecular formula is C32H24Cl2IN3O4S. The normalized spacial score (nSPS) is 14.8. The number of hydrogen-bond acceptors (Lipinski definition) is 6. The van der Waals surface area contributed by atoms with Gasteiger partial charge in [0, 0.05) is 15.7 Å². The van der Waals surface area contributed by atoms with Crippen molar-refractivity contribution < 1.29 is 19.1 Å². The van der Waals surface area contributed by atoms with Crippen molar-refractivity contribution >= 4 is 97.7 Å². The van der Waals surface area contributed by atoms with E-state index in [0.29, 0.717) is 55.3 Å². The predicted molar refractivity (Wildman–Crippen MR) is 184 cm³/mol. The summed E-state index contributed by atoms with van der Waals surface area (Å²) in [5.41, 5.74) is 2.71. The zero-order chi connectivity index (χ0) is 30.3. The Hall–Kier alpha value is -3.51. The summed E-state index contributed by atoms with van der Waals surface area (Å²) in [4.78, 5) is 33.0. The molecule has 11 heteroatoms. The Labute approximate surface area is 277 Å². The maximum absolute atomic E-state index is 13.7. The van der Waals surface area contributed by atoms with Crippen molar-refractivity contribution in [2.45, 2.75) is 6.92 Å². The third kappa shape index (κ3) is 7.91. The van der Waals surface area contributed by atoms with E-state index in [1.165, 1.54) is 11.8 Å². The Morgan fingerprint density at radius 2 is 1.65 bits per heavy atom. The maximum Gasteiger partial charge on any atom is 0.271 e. The summed E-state index contributed by atoms with van der Waals surface area (Å²) in [6.07, 6.45) is 1.79. The first-order valence-corrected chi connectivity index (χ1v) is 15.7. The van der Waals surface area contributed by atoms with Crippen LogP contribution >= 0.6 is 57.6 Å². The van der Waals surface area contributed by atoms with E-state index >= 15 is 0 Å². The number of carbonyl (C=O) groups excluding carboxylic acids is 2. The molecule has 0 aliphatic carbocycles. The molecule has 4 aromatic carbocycles. The van der Waals surface area contributed by atoms with Gasteiger partial charge in [0.25, 0.3) is 11.8 Å². The first-order chi connectivity index (χ1) is 20.8. The second kappa shape index (κ2) is 14.3. The SMILES string of the molecule is CCOc1cc(/C=C2\SC(=Nc3ccc(Cl)cc3)N(c3ccc(Cl)cc3)C2=O)cc(I)c1OCC(=O)Nc1ccccc1. The number of nitrogens with zero attached hydrogens (tertiary/aromatic N) is 2. The van der Waals surface area contributed by atoms with Crippen molar-refractivity contribution in [3.05, 3.63) is 115 Å². The van der Waals surface area contributed by atoms with Gasteiger partial charge in [-0.15, -0.1) is 0 Å². The number of rotatable bonds is 9. The van der Waals surface area contributed by atoms with Gasteiger partial charge in [-0.25, -0.2) is 4.99 Å². The number of hydrogen-bond donors (Lipinski definition) is 1. The number of thioether (sulfide) groups is 1. The molecule has 0 saturated carbocycles. The van der Waals surface area contributed by atoms with Crippen LogP contribution in [0.25, 0.3) is 6.08 Å². The number of carbonyl (C=O) groups is 2. The van der Waals surface area contributed by atoms with Gasteiger partial charge < -0.3 is 14.8 Å². The quantitative estimate of drug-likeness (QED) is 0.137. The van der Waals surface area contributed by atoms with Crippen LogP contribution in [0.1, 0.15) is 12.5 Å². The largest absolute Gasteiger partial charge is 0.490 e. The van der Waals surface area contributed by atoms with E-state index in [2.05, 4.69) is 27.9 Å². The van der Waals surface area contributed by atoms with Crippen molar-refractivity contribution in [2.24, 2.45) is 4.99 Å². The average molecular weight is 744 g/mol. The standard InChI is InChI=1S/C32H24Cl2IN3O4S/c1-2-41-27-17-20(16-26(35)30(27)42-19-29(39)36-23-6-4-3-5-7-23)18-28-31(40)38(25-14-10-22(34)11-15-25)32(43-28)37-24-12-8-21(33)9-13-24/h3-18H,2,19H2,1H3,(H,36,39)/b28-18-,37-32?. The number of halogens is 3. The molecule has 1 N–H and O–H groups in total. The van der Waals surface area contributed by atoms with Gasteiger partial charge >= 0.3 is 0 Å². The van der Waals surface area contributed by atoms with Crippen molar-refractivity contribution in [2.75, 3.05) is 23.4 Å². The minimum Gasteiger partial charge on any atom is -0.490 e. The lowest BCUT2D eigenvalue weighted by Gasteiger charge is -2.16. The van der Waals surface area contributed by atoms with E-state index in [1.807, 2.05) is 31.2 Å². The fourth-order valence-corrected chi connectivity index (χ4v) is 6.11. The van der Waals surface area contributed by atoms with Gasteiger partial charge in [0.05, 0.1) is 26.5 Å². The molecule has 5 rings (SSSR count). The van der Waals surface area contributed by atoms with E-state index < -0.39 is 0 Å². The zero-order valence-electron chi connectivity index (χ0n) is 22.7. The van der Waals surface area contributed by atoms with E-state index in [0.717, 1.165) is 9.13 Å². The molecule has 43 heavy (non-hydrogen) atoms.